The third-order valence-corrected chi connectivity index (χ3v) is 13.7. The molecule has 0 saturated carbocycles. The summed E-state index contributed by atoms with van der Waals surface area (Å²) < 4.78 is 2.62. The molecule has 0 radical (unpaired) electrons. The van der Waals surface area contributed by atoms with Crippen LogP contribution in [0.3, 0.4) is 0 Å². The van der Waals surface area contributed by atoms with Gasteiger partial charge in [-0.25, -0.2) is 0 Å². The minimum absolute atomic E-state index is 1.08. The number of hydrogen-bond donors (Lipinski definition) is 0. The van der Waals surface area contributed by atoms with Gasteiger partial charge in [0.05, 0.1) is 11.4 Å². The fourth-order valence-corrected chi connectivity index (χ4v) is 11.0. The van der Waals surface area contributed by atoms with Crippen molar-refractivity contribution in [2.75, 3.05) is 4.90 Å². The molecule has 62 heavy (non-hydrogen) atoms. The van der Waals surface area contributed by atoms with Crippen LogP contribution < -0.4 is 4.90 Å². The molecule has 2 heteroatoms. The number of rotatable bonds is 5. The molecule has 0 aliphatic rings. The van der Waals surface area contributed by atoms with Gasteiger partial charge in [-0.1, -0.05) is 206 Å². The van der Waals surface area contributed by atoms with Crippen molar-refractivity contribution in [1.82, 2.24) is 0 Å². The number of para-hydroxylation sites is 2. The number of thiophene rings is 1. The first-order valence-corrected chi connectivity index (χ1v) is 22.1. The van der Waals surface area contributed by atoms with Crippen molar-refractivity contribution in [2.24, 2.45) is 0 Å². The van der Waals surface area contributed by atoms with E-state index in [2.05, 4.69) is 241 Å². The second kappa shape index (κ2) is 15.0. The van der Waals surface area contributed by atoms with Crippen LogP contribution in [-0.4, -0.2) is 0 Å². The summed E-state index contributed by atoms with van der Waals surface area (Å²) in [7, 11) is 0. The van der Waals surface area contributed by atoms with Gasteiger partial charge in [-0.15, -0.1) is 11.3 Å². The van der Waals surface area contributed by atoms with Crippen LogP contribution in [0.1, 0.15) is 0 Å². The molecule has 1 heterocycles. The molecule has 0 aliphatic carbocycles. The second-order valence-electron chi connectivity index (χ2n) is 15.9. The van der Waals surface area contributed by atoms with Gasteiger partial charge in [0.1, 0.15) is 0 Å². The zero-order valence-electron chi connectivity index (χ0n) is 33.9. The maximum atomic E-state index is 2.48. The summed E-state index contributed by atoms with van der Waals surface area (Å²) in [6, 6.07) is 87.0. The fourth-order valence-electron chi connectivity index (χ4n) is 9.72. The van der Waals surface area contributed by atoms with Crippen LogP contribution in [0, 0.1) is 0 Å². The van der Waals surface area contributed by atoms with E-state index < -0.39 is 0 Å². The molecular formula is C60H39NS. The Morgan fingerprint density at radius 3 is 1.24 bits per heavy atom. The molecule has 12 rings (SSSR count). The van der Waals surface area contributed by atoms with Crippen molar-refractivity contribution in [3.05, 3.63) is 237 Å². The van der Waals surface area contributed by atoms with E-state index in [1.54, 1.807) is 0 Å². The predicted octanol–water partition coefficient (Wildman–Crippen LogP) is 17.7. The Morgan fingerprint density at radius 2 is 0.661 bits per heavy atom. The maximum Gasteiger partial charge on any atom is 0.0540 e. The summed E-state index contributed by atoms with van der Waals surface area (Å²) in [5, 5.41) is 14.9. The lowest BCUT2D eigenvalue weighted by Crippen LogP contribution is -2.12. The predicted molar refractivity (Wildman–Crippen MR) is 270 cm³/mol. The van der Waals surface area contributed by atoms with Gasteiger partial charge in [0.25, 0.3) is 0 Å². The van der Waals surface area contributed by atoms with Crippen LogP contribution in [0.4, 0.5) is 17.1 Å². The third kappa shape index (κ3) is 5.91. The molecule has 0 saturated heterocycles. The van der Waals surface area contributed by atoms with Crippen LogP contribution in [0.25, 0.3) is 96.3 Å². The molecule has 0 amide bonds. The van der Waals surface area contributed by atoms with Gasteiger partial charge in [0.2, 0.25) is 0 Å². The lowest BCUT2D eigenvalue weighted by molar-refractivity contribution is 1.29. The van der Waals surface area contributed by atoms with Crippen LogP contribution in [0.15, 0.2) is 237 Å². The molecular weight excluding hydrogens is 767 g/mol. The van der Waals surface area contributed by atoms with E-state index in [1.165, 1.54) is 96.3 Å². The van der Waals surface area contributed by atoms with Gasteiger partial charge in [0, 0.05) is 42.4 Å². The van der Waals surface area contributed by atoms with Gasteiger partial charge < -0.3 is 4.90 Å². The first kappa shape index (κ1) is 36.1. The number of hydrogen-bond acceptors (Lipinski definition) is 2. The lowest BCUT2D eigenvalue weighted by atomic mass is 9.93. The molecule has 0 aliphatic heterocycles. The molecule has 1 aromatic heterocycles. The van der Waals surface area contributed by atoms with Crippen molar-refractivity contribution in [3.8, 4) is 22.3 Å². The molecule has 12 aromatic rings. The number of anilines is 3. The third-order valence-electron chi connectivity index (χ3n) is 12.5. The Labute approximate surface area is 364 Å². The Bertz CT molecular complexity index is 3670. The summed E-state index contributed by atoms with van der Waals surface area (Å²) in [6.45, 7) is 0. The number of nitrogens with zero attached hydrogens (tertiary/aromatic N) is 1. The molecule has 1 nitrogen and oxygen atoms in total. The Balaban J connectivity index is 1.29. The quantitative estimate of drug-likeness (QED) is 0.167. The fraction of sp³-hybridized carbons (Fsp3) is 0. The van der Waals surface area contributed by atoms with Crippen molar-refractivity contribution in [3.63, 3.8) is 0 Å². The summed E-state index contributed by atoms with van der Waals surface area (Å²) in [6.07, 6.45) is 0. The van der Waals surface area contributed by atoms with Crippen LogP contribution in [0.2, 0.25) is 0 Å². The van der Waals surface area contributed by atoms with Gasteiger partial charge in [-0.05, 0) is 89.9 Å². The molecule has 290 valence electrons. The Morgan fingerprint density at radius 1 is 0.274 bits per heavy atom. The normalized spacial score (nSPS) is 11.5. The first-order chi connectivity index (χ1) is 30.8. The largest absolute Gasteiger partial charge is 0.309 e. The highest BCUT2D eigenvalue weighted by Gasteiger charge is 2.22. The van der Waals surface area contributed by atoms with Crippen molar-refractivity contribution in [2.45, 2.75) is 0 Å². The first-order valence-electron chi connectivity index (χ1n) is 21.3. The van der Waals surface area contributed by atoms with E-state index in [4.69, 9.17) is 0 Å². The molecule has 0 bridgehead atoms. The summed E-state index contributed by atoms with van der Waals surface area (Å²) in [5.41, 5.74) is 7.99. The molecule has 0 unspecified atom stereocenters. The minimum Gasteiger partial charge on any atom is -0.309 e. The maximum absolute atomic E-state index is 2.48. The number of benzene rings is 10. The standard InChI is InChI=1S/C60H39NS/c1-3-19-40(20-4-1)43-23-13-16-32-56(43)61(57-33-17-14-24-44(57)41-21-5-2-6-22-41)42-35-36-50-53-37-38-54-51-30-15-18-34-58(51)62-60(54)59(53)52-31-12-11-28-48(52)46-26-8-7-25-45(46)47-27-9-10-29-49(47)55(50)39-42/h1-39H. The van der Waals surface area contributed by atoms with E-state index in [0.29, 0.717) is 0 Å². The van der Waals surface area contributed by atoms with E-state index >= 15 is 0 Å². The molecule has 0 N–H and O–H groups in total. The van der Waals surface area contributed by atoms with E-state index in [1.807, 2.05) is 11.3 Å². The molecule has 11 aromatic carbocycles. The van der Waals surface area contributed by atoms with Crippen molar-refractivity contribution >= 4 is 102 Å². The average molecular weight is 806 g/mol. The van der Waals surface area contributed by atoms with Crippen LogP contribution >= 0.6 is 11.3 Å². The molecule has 0 atom stereocenters. The molecule has 0 spiro atoms. The van der Waals surface area contributed by atoms with E-state index in [9.17, 15) is 0 Å². The minimum atomic E-state index is 1.08. The Kier molecular flexibility index (Phi) is 8.76. The Hall–Kier alpha value is -7.78. The van der Waals surface area contributed by atoms with E-state index in [0.717, 1.165) is 17.1 Å². The lowest BCUT2D eigenvalue weighted by Gasteiger charge is -2.30. The topological polar surface area (TPSA) is 3.24 Å². The zero-order chi connectivity index (χ0) is 41.0. The monoisotopic (exact) mass is 805 g/mol. The van der Waals surface area contributed by atoms with Crippen molar-refractivity contribution in [1.29, 1.82) is 0 Å². The van der Waals surface area contributed by atoms with Crippen LogP contribution in [0.5, 0.6) is 0 Å². The highest BCUT2D eigenvalue weighted by atomic mass is 32.1. The van der Waals surface area contributed by atoms with Gasteiger partial charge in [-0.2, -0.15) is 0 Å². The van der Waals surface area contributed by atoms with Gasteiger partial charge in [-0.3, -0.25) is 0 Å². The number of fused-ring (bicyclic) bond motifs is 14. The van der Waals surface area contributed by atoms with Gasteiger partial charge in [0.15, 0.2) is 0 Å². The highest BCUT2D eigenvalue weighted by Crippen LogP contribution is 2.48. The van der Waals surface area contributed by atoms with E-state index in [-0.39, 0.29) is 0 Å². The summed E-state index contributed by atoms with van der Waals surface area (Å²) in [4.78, 5) is 2.48. The zero-order valence-corrected chi connectivity index (χ0v) is 34.7. The SMILES string of the molecule is c1ccc(-c2ccccc2N(c2ccc3c(c2)c2ccccc2c2ccccc2c2ccccc2c2c3ccc3c4ccccc4sc32)c2ccccc2-c2ccccc2)cc1. The smallest absolute Gasteiger partial charge is 0.0540 e. The van der Waals surface area contributed by atoms with Crippen molar-refractivity contribution < 1.29 is 0 Å². The highest BCUT2D eigenvalue weighted by molar-refractivity contribution is 7.26. The second-order valence-corrected chi connectivity index (χ2v) is 17.0. The van der Waals surface area contributed by atoms with Gasteiger partial charge >= 0.3 is 0 Å². The molecule has 0 fully saturated rings. The summed E-state index contributed by atoms with van der Waals surface area (Å²) >= 11 is 1.90. The average Bonchev–Trinajstić information content (AvgIpc) is 3.73. The van der Waals surface area contributed by atoms with Crippen LogP contribution in [-0.2, 0) is 0 Å². The summed E-state index contributed by atoms with van der Waals surface area (Å²) in [5.74, 6) is 0.